The van der Waals surface area contributed by atoms with Crippen molar-refractivity contribution in [1.29, 1.82) is 0 Å². The van der Waals surface area contributed by atoms with Crippen molar-refractivity contribution in [2.45, 2.75) is 26.7 Å². The third kappa shape index (κ3) is 3.54. The average molecular weight is 290 g/mol. The number of hydrogen-bond acceptors (Lipinski definition) is 4. The number of ether oxygens (including phenoxy) is 1. The fraction of sp³-hybridized carbons (Fsp3) is 0.500. The fourth-order valence-corrected chi connectivity index (χ4v) is 2.62. The van der Waals surface area contributed by atoms with Gasteiger partial charge in [0.05, 0.1) is 12.5 Å². The number of benzene rings is 1. The van der Waals surface area contributed by atoms with Gasteiger partial charge in [0.15, 0.2) is 0 Å². The van der Waals surface area contributed by atoms with E-state index in [1.807, 2.05) is 13.0 Å². The Morgan fingerprint density at radius 2 is 2.00 bits per heavy atom. The van der Waals surface area contributed by atoms with Crippen molar-refractivity contribution in [2.75, 3.05) is 25.4 Å². The Morgan fingerprint density at radius 1 is 1.33 bits per heavy atom. The first kappa shape index (κ1) is 15.4. The number of aryl methyl sites for hydroxylation is 1. The van der Waals surface area contributed by atoms with Gasteiger partial charge in [0.25, 0.3) is 5.91 Å². The molecule has 0 atom stereocenters. The molecule has 0 saturated carbocycles. The molecule has 21 heavy (non-hydrogen) atoms. The molecule has 1 saturated heterocycles. The van der Waals surface area contributed by atoms with E-state index in [0.717, 1.165) is 5.56 Å². The minimum atomic E-state index is -0.148. The summed E-state index contributed by atoms with van der Waals surface area (Å²) in [4.78, 5) is 26.0. The number of piperidine rings is 1. The molecule has 1 aliphatic heterocycles. The topological polar surface area (TPSA) is 72.6 Å². The third-order valence-electron chi connectivity index (χ3n) is 3.89. The predicted octanol–water partition coefficient (Wildman–Crippen LogP) is 1.99. The van der Waals surface area contributed by atoms with Gasteiger partial charge in [-0.15, -0.1) is 0 Å². The first-order valence-corrected chi connectivity index (χ1v) is 7.35. The van der Waals surface area contributed by atoms with E-state index in [2.05, 4.69) is 0 Å². The van der Waals surface area contributed by atoms with Crippen molar-refractivity contribution >= 4 is 17.6 Å². The van der Waals surface area contributed by atoms with Crippen LogP contribution < -0.4 is 5.73 Å². The Morgan fingerprint density at radius 3 is 2.62 bits per heavy atom. The summed E-state index contributed by atoms with van der Waals surface area (Å²) in [5.41, 5.74) is 7.91. The normalized spacial score (nSPS) is 15.8. The van der Waals surface area contributed by atoms with Gasteiger partial charge in [0.2, 0.25) is 0 Å². The maximum atomic E-state index is 12.5. The summed E-state index contributed by atoms with van der Waals surface area (Å²) in [5.74, 6) is -0.247. The highest BCUT2D eigenvalue weighted by Gasteiger charge is 2.29. The maximum absolute atomic E-state index is 12.5. The van der Waals surface area contributed by atoms with E-state index in [1.165, 1.54) is 0 Å². The molecular weight excluding hydrogens is 268 g/mol. The number of rotatable bonds is 3. The summed E-state index contributed by atoms with van der Waals surface area (Å²) in [6.45, 7) is 5.27. The average Bonchev–Trinajstić information content (AvgIpc) is 2.49. The number of carbonyl (C=O) groups is 2. The van der Waals surface area contributed by atoms with Crippen LogP contribution in [0.2, 0.25) is 0 Å². The zero-order valence-electron chi connectivity index (χ0n) is 12.6. The van der Waals surface area contributed by atoms with Crippen molar-refractivity contribution < 1.29 is 14.3 Å². The van der Waals surface area contributed by atoms with Gasteiger partial charge in [-0.25, -0.2) is 0 Å². The summed E-state index contributed by atoms with van der Waals surface area (Å²) in [6.07, 6.45) is 1.32. The highest BCUT2D eigenvalue weighted by Crippen LogP contribution is 2.22. The van der Waals surface area contributed by atoms with Crippen LogP contribution in [0.4, 0.5) is 5.69 Å². The Labute approximate surface area is 125 Å². The van der Waals surface area contributed by atoms with Crippen LogP contribution in [0.25, 0.3) is 0 Å². The van der Waals surface area contributed by atoms with Gasteiger partial charge >= 0.3 is 5.97 Å². The van der Waals surface area contributed by atoms with E-state index < -0.39 is 0 Å². The second kappa shape index (κ2) is 6.61. The molecule has 2 rings (SSSR count). The first-order valence-electron chi connectivity index (χ1n) is 7.35. The third-order valence-corrected chi connectivity index (χ3v) is 3.89. The van der Waals surface area contributed by atoms with Crippen LogP contribution in [0.1, 0.15) is 35.7 Å². The minimum Gasteiger partial charge on any atom is -0.466 e. The number of esters is 1. The number of nitrogen functional groups attached to an aromatic ring is 1. The molecular formula is C16H22N2O3. The van der Waals surface area contributed by atoms with Gasteiger partial charge in [-0.2, -0.15) is 0 Å². The highest BCUT2D eigenvalue weighted by molar-refractivity contribution is 5.96. The van der Waals surface area contributed by atoms with E-state index >= 15 is 0 Å². The summed E-state index contributed by atoms with van der Waals surface area (Å²) in [5, 5.41) is 0. The predicted molar refractivity (Wildman–Crippen MR) is 80.9 cm³/mol. The lowest BCUT2D eigenvalue weighted by Crippen LogP contribution is -2.40. The number of carbonyl (C=O) groups excluding carboxylic acids is 2. The Kier molecular flexibility index (Phi) is 4.83. The fourth-order valence-electron chi connectivity index (χ4n) is 2.62. The van der Waals surface area contributed by atoms with Crippen molar-refractivity contribution in [3.8, 4) is 0 Å². The quantitative estimate of drug-likeness (QED) is 0.682. The molecule has 0 aromatic heterocycles. The molecule has 0 bridgehead atoms. The van der Waals surface area contributed by atoms with Crippen LogP contribution >= 0.6 is 0 Å². The van der Waals surface area contributed by atoms with Gasteiger partial charge in [-0.3, -0.25) is 9.59 Å². The molecule has 1 heterocycles. The number of nitrogens with zero attached hydrogens (tertiary/aromatic N) is 1. The van der Waals surface area contributed by atoms with Crippen LogP contribution in [0.3, 0.4) is 0 Å². The zero-order valence-corrected chi connectivity index (χ0v) is 12.6. The van der Waals surface area contributed by atoms with Crippen molar-refractivity contribution in [2.24, 2.45) is 5.92 Å². The summed E-state index contributed by atoms with van der Waals surface area (Å²) in [6, 6.07) is 5.36. The smallest absolute Gasteiger partial charge is 0.309 e. The SMILES string of the molecule is CCOC(=O)C1CCN(C(=O)c2cc(N)ccc2C)CC1. The van der Waals surface area contributed by atoms with E-state index in [1.54, 1.807) is 24.0 Å². The van der Waals surface area contributed by atoms with Gasteiger partial charge in [0.1, 0.15) is 0 Å². The molecule has 0 spiro atoms. The first-order chi connectivity index (χ1) is 10.0. The Bertz CT molecular complexity index is 534. The molecule has 1 aromatic rings. The molecule has 5 nitrogen and oxygen atoms in total. The largest absolute Gasteiger partial charge is 0.466 e. The highest BCUT2D eigenvalue weighted by atomic mass is 16.5. The van der Waals surface area contributed by atoms with Crippen molar-refractivity contribution in [1.82, 2.24) is 4.90 Å². The van der Waals surface area contributed by atoms with Crippen LogP contribution in [0, 0.1) is 12.8 Å². The lowest BCUT2D eigenvalue weighted by atomic mass is 9.96. The van der Waals surface area contributed by atoms with Gasteiger partial charge in [-0.1, -0.05) is 6.07 Å². The van der Waals surface area contributed by atoms with Crippen LogP contribution in [-0.4, -0.2) is 36.5 Å². The monoisotopic (exact) mass is 290 g/mol. The van der Waals surface area contributed by atoms with Crippen molar-refractivity contribution in [3.63, 3.8) is 0 Å². The van der Waals surface area contributed by atoms with E-state index in [4.69, 9.17) is 10.5 Å². The maximum Gasteiger partial charge on any atom is 0.309 e. The second-order valence-electron chi connectivity index (χ2n) is 5.39. The second-order valence-corrected chi connectivity index (χ2v) is 5.39. The lowest BCUT2D eigenvalue weighted by Gasteiger charge is -2.31. The number of anilines is 1. The molecule has 0 unspecified atom stereocenters. The van der Waals surface area contributed by atoms with E-state index in [-0.39, 0.29) is 17.8 Å². The van der Waals surface area contributed by atoms with E-state index in [0.29, 0.717) is 43.8 Å². The molecule has 5 heteroatoms. The molecule has 0 radical (unpaired) electrons. The summed E-state index contributed by atoms with van der Waals surface area (Å²) >= 11 is 0. The molecule has 0 aliphatic carbocycles. The Hall–Kier alpha value is -2.04. The number of hydrogen-bond donors (Lipinski definition) is 1. The molecule has 1 fully saturated rings. The molecule has 1 aliphatic rings. The number of amides is 1. The Balaban J connectivity index is 2.00. The number of nitrogens with two attached hydrogens (primary N) is 1. The van der Waals surface area contributed by atoms with Crippen LogP contribution in [0.5, 0.6) is 0 Å². The standard InChI is InChI=1S/C16H22N2O3/c1-3-21-16(20)12-6-8-18(9-7-12)15(19)14-10-13(17)5-4-11(14)2/h4-5,10,12H,3,6-9,17H2,1-2H3. The minimum absolute atomic E-state index is 0.0119. The van der Waals surface area contributed by atoms with E-state index in [9.17, 15) is 9.59 Å². The summed E-state index contributed by atoms with van der Waals surface area (Å²) < 4.78 is 5.04. The van der Waals surface area contributed by atoms with Gasteiger partial charge < -0.3 is 15.4 Å². The van der Waals surface area contributed by atoms with Crippen LogP contribution in [0.15, 0.2) is 18.2 Å². The van der Waals surface area contributed by atoms with Gasteiger partial charge in [0, 0.05) is 24.3 Å². The van der Waals surface area contributed by atoms with Gasteiger partial charge in [-0.05, 0) is 44.4 Å². The zero-order chi connectivity index (χ0) is 15.4. The molecule has 1 amide bonds. The summed E-state index contributed by atoms with van der Waals surface area (Å²) in [7, 11) is 0. The molecule has 1 aromatic carbocycles. The molecule has 2 N–H and O–H groups in total. The molecule has 114 valence electrons. The van der Waals surface area contributed by atoms with Crippen LogP contribution in [-0.2, 0) is 9.53 Å². The lowest BCUT2D eigenvalue weighted by molar-refractivity contribution is -0.149. The number of likely N-dealkylation sites (tertiary alicyclic amines) is 1. The van der Waals surface area contributed by atoms with Crippen molar-refractivity contribution in [3.05, 3.63) is 29.3 Å².